The topological polar surface area (TPSA) is 19.0 Å². The zero-order chi connectivity index (χ0) is 16.1. The number of benzene rings is 1. The van der Waals surface area contributed by atoms with Crippen molar-refractivity contribution >= 4 is 10.9 Å². The third-order valence-electron chi connectivity index (χ3n) is 3.10. The van der Waals surface area contributed by atoms with Gasteiger partial charge in [0.05, 0.1) is 0 Å². The average molecular weight is 220 g/mol. The number of hydrogen-bond acceptors (Lipinski definition) is 1. The fraction of sp³-hybridized carbons (Fsp3) is 0.429. The summed E-state index contributed by atoms with van der Waals surface area (Å²) in [7, 11) is 0. The van der Waals surface area contributed by atoms with Crippen molar-refractivity contribution in [2.75, 3.05) is 13.5 Å². The number of aromatic amines is 1. The molecule has 1 aromatic carbocycles. The number of likely N-dealkylation sites (tertiary alicyclic amines) is 1. The van der Waals surface area contributed by atoms with Crippen LogP contribution in [0.25, 0.3) is 10.9 Å². The molecule has 16 heavy (non-hydrogen) atoms. The molecule has 2 nitrogen and oxygen atoms in total. The highest BCUT2D eigenvalue weighted by Crippen LogP contribution is 2.24. The van der Waals surface area contributed by atoms with Crippen LogP contribution in [0.4, 0.5) is 0 Å². The minimum absolute atomic E-state index is 0.375. The van der Waals surface area contributed by atoms with Gasteiger partial charge in [0.1, 0.15) is 0 Å². The van der Waals surface area contributed by atoms with E-state index in [1.807, 2.05) is 0 Å². The van der Waals surface area contributed by atoms with Gasteiger partial charge < -0.3 is 9.88 Å². The molecule has 1 N–H and O–H groups in total. The predicted octanol–water partition coefficient (Wildman–Crippen LogP) is 2.80. The summed E-state index contributed by atoms with van der Waals surface area (Å²) in [5.74, 6) is 0. The molecule has 84 valence electrons. The lowest BCUT2D eigenvalue weighted by molar-refractivity contribution is 0.310. The first-order valence-corrected chi connectivity index (χ1v) is 5.59. The molecule has 0 saturated carbocycles. The predicted molar refractivity (Wildman–Crippen MR) is 67.7 cm³/mol. The Morgan fingerprint density at radius 3 is 3.50 bits per heavy atom. The molecule has 2 heterocycles. The van der Waals surface area contributed by atoms with Crippen LogP contribution >= 0.6 is 0 Å². The summed E-state index contributed by atoms with van der Waals surface area (Å²) in [6.45, 7) is -1.92. The smallest absolute Gasteiger partial charge is 0.166 e. The van der Waals surface area contributed by atoms with E-state index in [1.165, 1.54) is 11.1 Å². The number of hydrogen-bond donors (Lipinski definition) is 1. The van der Waals surface area contributed by atoms with Gasteiger partial charge in [-0.3, -0.25) is 0 Å². The van der Waals surface area contributed by atoms with E-state index in [0.717, 1.165) is 4.98 Å². The largest absolute Gasteiger partial charge is 0.361 e. The molecule has 1 atom stereocenters. The van der Waals surface area contributed by atoms with Crippen molar-refractivity contribution in [1.29, 1.82) is 0 Å². The zero-order valence-corrected chi connectivity index (χ0v) is 8.98. The highest BCUT2D eigenvalue weighted by molar-refractivity contribution is 5.83. The van der Waals surface area contributed by atoms with E-state index in [2.05, 4.69) is 0 Å². The standard InChI is InChI=1S/C14H18N2/c1-16-8-4-5-12(16)9-11-10-15-14-7-3-2-6-13(11)14/h2-3,6-7,10,12,15H,4-5,8-9H2,1H3/t12-/m1/s1/i1D3,9D2/hD. The summed E-state index contributed by atoms with van der Waals surface area (Å²) in [4.78, 5) is 2.43. The van der Waals surface area contributed by atoms with Gasteiger partial charge >= 0.3 is 0 Å². The molecular formula is C14H18N2. The lowest BCUT2D eigenvalue weighted by atomic mass is 10.0. The Kier molecular flexibility index (Phi) is 1.32. The Labute approximate surface area is 105 Å². The summed E-state index contributed by atoms with van der Waals surface area (Å²) in [5, 5.41) is 0.667. The minimum atomic E-state index is -2.30. The van der Waals surface area contributed by atoms with Gasteiger partial charge in [0.15, 0.2) is 1.41 Å². The van der Waals surface area contributed by atoms with Crippen LogP contribution in [-0.4, -0.2) is 29.4 Å². The highest BCUT2D eigenvalue weighted by Gasteiger charge is 2.21. The second kappa shape index (κ2) is 3.95. The van der Waals surface area contributed by atoms with E-state index in [4.69, 9.17) is 8.27 Å². The van der Waals surface area contributed by atoms with Crippen LogP contribution in [0.5, 0.6) is 0 Å². The van der Waals surface area contributed by atoms with E-state index in [0.29, 0.717) is 35.9 Å². The van der Waals surface area contributed by atoms with E-state index in [1.54, 1.807) is 24.3 Å². The number of nitrogens with one attached hydrogen (secondary N) is 1. The molecule has 0 spiro atoms. The first-order valence-electron chi connectivity index (χ1n) is 8.54. The number of aromatic nitrogens is 1. The van der Waals surface area contributed by atoms with Gasteiger partial charge in [-0.15, -0.1) is 0 Å². The van der Waals surface area contributed by atoms with Crippen LogP contribution in [0.1, 0.15) is 25.3 Å². The summed E-state index contributed by atoms with van der Waals surface area (Å²) in [5.41, 5.74) is 1.01. The van der Waals surface area contributed by atoms with Gasteiger partial charge in [-0.25, -0.2) is 0 Å². The van der Waals surface area contributed by atoms with Crippen LogP contribution in [0.2, 0.25) is 1.41 Å². The van der Waals surface area contributed by atoms with E-state index >= 15 is 0 Å². The number of likely N-dealkylation sites (N-methyl/N-ethyl adjacent to an activating group) is 1. The summed E-state index contributed by atoms with van der Waals surface area (Å²) < 4.78 is 47.9. The zero-order valence-electron chi connectivity index (χ0n) is 15.0. The van der Waals surface area contributed by atoms with Gasteiger partial charge in [-0.05, 0) is 44.4 Å². The fourth-order valence-electron chi connectivity index (χ4n) is 2.23. The number of rotatable bonds is 2. The van der Waals surface area contributed by atoms with Crippen molar-refractivity contribution in [1.82, 2.24) is 9.88 Å². The average Bonchev–Trinajstić information content (AvgIpc) is 3.04. The second-order valence-corrected chi connectivity index (χ2v) is 4.18. The molecule has 1 aliphatic heterocycles. The molecule has 0 bridgehead atoms. The van der Waals surface area contributed by atoms with E-state index < -0.39 is 19.4 Å². The van der Waals surface area contributed by atoms with Crippen LogP contribution < -0.4 is 0 Å². The van der Waals surface area contributed by atoms with Crippen LogP contribution in [0, 0.1) is 0 Å². The lowest BCUT2D eigenvalue weighted by Gasteiger charge is -2.18. The molecular weight excluding hydrogens is 196 g/mol. The number of H-pyrrole nitrogens is 1. The van der Waals surface area contributed by atoms with Crippen LogP contribution in [-0.2, 0) is 6.37 Å². The Hall–Kier alpha value is -1.28. The van der Waals surface area contributed by atoms with Gasteiger partial charge in [-0.2, -0.15) is 0 Å². The van der Waals surface area contributed by atoms with Gasteiger partial charge in [0.25, 0.3) is 0 Å². The molecule has 0 aliphatic carbocycles. The van der Waals surface area contributed by atoms with E-state index in [9.17, 15) is 0 Å². The first-order chi connectivity index (χ1) is 10.2. The Morgan fingerprint density at radius 1 is 1.62 bits per heavy atom. The molecule has 1 aromatic heterocycles. The van der Waals surface area contributed by atoms with Crippen molar-refractivity contribution in [3.05, 3.63) is 36.0 Å². The quantitative estimate of drug-likeness (QED) is 0.824. The van der Waals surface area contributed by atoms with Crippen molar-refractivity contribution in [2.45, 2.75) is 25.3 Å². The summed E-state index contributed by atoms with van der Waals surface area (Å²) in [6, 6.07) is 6.45. The lowest BCUT2D eigenvalue weighted by Crippen LogP contribution is -2.26. The number of nitrogens with zero attached hydrogens (tertiary/aromatic N) is 1. The maximum atomic E-state index is 8.55. The maximum absolute atomic E-state index is 8.55. The molecule has 1 saturated heterocycles. The maximum Gasteiger partial charge on any atom is 0.166 e. The van der Waals surface area contributed by atoms with Crippen LogP contribution in [0.3, 0.4) is 0 Å². The number of fused-ring (bicyclic) bond motifs is 1. The molecule has 1 fully saturated rings. The molecule has 0 unspecified atom stereocenters. The summed E-state index contributed by atoms with van der Waals surface area (Å²) in [6.07, 6.45) is 0.808. The Bertz CT molecular complexity index is 690. The van der Waals surface area contributed by atoms with Crippen molar-refractivity contribution < 1.29 is 8.27 Å². The normalized spacial score (nSPS) is 29.1. The molecule has 0 amide bonds. The Balaban J connectivity index is 2.08. The third kappa shape index (κ3) is 1.63. The third-order valence-corrected chi connectivity index (χ3v) is 3.10. The second-order valence-electron chi connectivity index (χ2n) is 4.18. The van der Waals surface area contributed by atoms with Gasteiger partial charge in [-0.1, -0.05) is 18.2 Å². The van der Waals surface area contributed by atoms with Crippen molar-refractivity contribution in [3.8, 4) is 0 Å². The monoisotopic (exact) mass is 220 g/mol. The van der Waals surface area contributed by atoms with Gasteiger partial charge in [0.2, 0.25) is 0 Å². The molecule has 1 aliphatic rings. The van der Waals surface area contributed by atoms with Gasteiger partial charge in [0, 0.05) is 30.0 Å². The van der Waals surface area contributed by atoms with Crippen LogP contribution in [0.15, 0.2) is 30.5 Å². The van der Waals surface area contributed by atoms with Crippen molar-refractivity contribution in [2.24, 2.45) is 0 Å². The highest BCUT2D eigenvalue weighted by atomic mass is 15.1. The minimum Gasteiger partial charge on any atom is -0.361 e. The number of para-hydroxylation sites is 1. The summed E-state index contributed by atoms with van der Waals surface area (Å²) >= 11 is 0. The molecule has 2 heteroatoms. The molecule has 2 aromatic rings. The fourth-order valence-corrected chi connectivity index (χ4v) is 2.23. The van der Waals surface area contributed by atoms with E-state index in [-0.39, 0.29) is 0 Å². The first kappa shape index (κ1) is 5.37. The van der Waals surface area contributed by atoms with Crippen molar-refractivity contribution in [3.63, 3.8) is 0 Å². The SMILES string of the molecule is [2H]n1cc(C([2H])([2H])[C@H]2CCCN2C([2H])([2H])[2H])c2ccccc21. The molecule has 3 rings (SSSR count). The molecule has 0 radical (unpaired) electrons. The Morgan fingerprint density at radius 2 is 2.56 bits per heavy atom.